The Labute approximate surface area is 168 Å². The van der Waals surface area contributed by atoms with Gasteiger partial charge in [-0.05, 0) is 30.9 Å². The number of nitrogens with one attached hydrogen (secondary N) is 2. The molecular weight excluding hydrogens is 366 g/mol. The quantitative estimate of drug-likeness (QED) is 0.715. The van der Waals surface area contributed by atoms with E-state index in [-0.39, 0.29) is 17.3 Å². The number of anilines is 1. The Balaban J connectivity index is 1.56. The minimum absolute atomic E-state index is 0.214. The zero-order valence-corrected chi connectivity index (χ0v) is 16.3. The molecule has 1 aromatic heterocycles. The summed E-state index contributed by atoms with van der Waals surface area (Å²) in [6.07, 6.45) is 2.40. The van der Waals surface area contributed by atoms with Crippen LogP contribution in [0.5, 0.6) is 0 Å². The molecule has 0 radical (unpaired) electrons. The number of aromatic amines is 1. The Morgan fingerprint density at radius 1 is 1.14 bits per heavy atom. The molecule has 0 bridgehead atoms. The Kier molecular flexibility index (Phi) is 5.37. The van der Waals surface area contributed by atoms with Gasteiger partial charge in [-0.2, -0.15) is 0 Å². The first-order valence-electron chi connectivity index (χ1n) is 9.85. The van der Waals surface area contributed by atoms with E-state index in [0.29, 0.717) is 18.8 Å². The fourth-order valence-electron chi connectivity index (χ4n) is 3.64. The molecule has 2 heterocycles. The third-order valence-electron chi connectivity index (χ3n) is 5.16. The minimum atomic E-state index is -0.516. The Morgan fingerprint density at radius 2 is 1.90 bits per heavy atom. The molecule has 0 saturated carbocycles. The van der Waals surface area contributed by atoms with Gasteiger partial charge in [0.1, 0.15) is 0 Å². The number of para-hydroxylation sites is 1. The Bertz CT molecular complexity index is 1060. The number of hydrogen-bond acceptors (Lipinski definition) is 4. The lowest BCUT2D eigenvalue weighted by Crippen LogP contribution is -2.45. The van der Waals surface area contributed by atoms with E-state index in [2.05, 4.69) is 20.5 Å². The van der Waals surface area contributed by atoms with Gasteiger partial charge in [-0.25, -0.2) is 4.79 Å². The van der Waals surface area contributed by atoms with Crippen molar-refractivity contribution in [3.05, 3.63) is 76.2 Å². The third kappa shape index (κ3) is 3.89. The number of rotatable bonds is 4. The molecule has 148 valence electrons. The number of H-pyrrole nitrogens is 1. The van der Waals surface area contributed by atoms with Crippen LogP contribution in [0.3, 0.4) is 0 Å². The van der Waals surface area contributed by atoms with Gasteiger partial charge in [0.25, 0.3) is 5.56 Å². The first kappa shape index (κ1) is 18.9. The van der Waals surface area contributed by atoms with E-state index >= 15 is 0 Å². The summed E-state index contributed by atoms with van der Waals surface area (Å²) in [5.74, 6) is 0.408. The molecule has 1 unspecified atom stereocenters. The van der Waals surface area contributed by atoms with Crippen LogP contribution in [-0.2, 0) is 6.42 Å². The lowest BCUT2D eigenvalue weighted by molar-refractivity contribution is 0.241. The van der Waals surface area contributed by atoms with Crippen molar-refractivity contribution in [1.82, 2.24) is 20.5 Å². The number of carbonyl (C=O) groups excluding carboxylic acids is 1. The molecule has 2 amide bonds. The van der Waals surface area contributed by atoms with Gasteiger partial charge in [0.15, 0.2) is 11.5 Å². The van der Waals surface area contributed by atoms with E-state index < -0.39 is 6.04 Å². The van der Waals surface area contributed by atoms with Crippen LogP contribution in [0.4, 0.5) is 10.5 Å². The first-order valence-corrected chi connectivity index (χ1v) is 9.85. The summed E-state index contributed by atoms with van der Waals surface area (Å²) in [5.41, 5.74) is 2.74. The summed E-state index contributed by atoms with van der Waals surface area (Å²) in [4.78, 5) is 30.1. The number of aromatic nitrogens is 3. The van der Waals surface area contributed by atoms with Crippen LogP contribution in [0.2, 0.25) is 0 Å². The number of hydrogen-bond donors (Lipinski definition) is 2. The number of fused-ring (bicyclic) bond motifs is 1. The molecule has 29 heavy (non-hydrogen) atoms. The Hall–Kier alpha value is -3.48. The summed E-state index contributed by atoms with van der Waals surface area (Å²) in [6, 6.07) is 16.5. The van der Waals surface area contributed by atoms with Crippen molar-refractivity contribution in [2.75, 3.05) is 11.4 Å². The Morgan fingerprint density at radius 3 is 2.66 bits per heavy atom. The summed E-state index contributed by atoms with van der Waals surface area (Å²) < 4.78 is 0. The molecule has 7 heteroatoms. The summed E-state index contributed by atoms with van der Waals surface area (Å²) >= 11 is 0. The van der Waals surface area contributed by atoms with Crippen molar-refractivity contribution in [3.63, 3.8) is 0 Å². The van der Waals surface area contributed by atoms with Crippen molar-refractivity contribution < 1.29 is 4.79 Å². The summed E-state index contributed by atoms with van der Waals surface area (Å²) in [5, 5.41) is 11.3. The van der Waals surface area contributed by atoms with E-state index in [1.807, 2.05) is 61.5 Å². The van der Waals surface area contributed by atoms with Gasteiger partial charge in [-0.1, -0.05) is 55.5 Å². The predicted octanol–water partition coefficient (Wildman–Crippen LogP) is 3.45. The second-order valence-corrected chi connectivity index (χ2v) is 7.05. The number of urea groups is 1. The van der Waals surface area contributed by atoms with Gasteiger partial charge in [0.05, 0.1) is 6.04 Å². The van der Waals surface area contributed by atoms with E-state index in [9.17, 15) is 9.59 Å². The zero-order chi connectivity index (χ0) is 20.2. The maximum atomic E-state index is 13.0. The normalized spacial score (nSPS) is 14.2. The van der Waals surface area contributed by atoms with Crippen LogP contribution < -0.4 is 15.8 Å². The lowest BCUT2D eigenvalue weighted by atomic mass is 10.0. The second-order valence-electron chi connectivity index (χ2n) is 7.05. The average molecular weight is 389 g/mol. The first-order chi connectivity index (χ1) is 14.2. The average Bonchev–Trinajstić information content (AvgIpc) is 2.77. The van der Waals surface area contributed by atoms with Crippen molar-refractivity contribution in [2.24, 2.45) is 0 Å². The van der Waals surface area contributed by atoms with E-state index in [4.69, 9.17) is 0 Å². The van der Waals surface area contributed by atoms with Crippen LogP contribution in [0.1, 0.15) is 37.1 Å². The number of aryl methyl sites for hydroxylation is 1. The molecule has 0 fully saturated rings. The van der Waals surface area contributed by atoms with Crippen molar-refractivity contribution in [1.29, 1.82) is 0 Å². The monoisotopic (exact) mass is 389 g/mol. The molecule has 7 nitrogen and oxygen atoms in total. The van der Waals surface area contributed by atoms with Gasteiger partial charge in [0.2, 0.25) is 0 Å². The zero-order valence-electron chi connectivity index (χ0n) is 16.3. The molecule has 0 aliphatic carbocycles. The highest BCUT2D eigenvalue weighted by molar-refractivity contribution is 5.93. The second kappa shape index (κ2) is 8.26. The number of amides is 2. The van der Waals surface area contributed by atoms with Gasteiger partial charge < -0.3 is 10.3 Å². The smallest absolute Gasteiger partial charge is 0.322 e. The largest absolute Gasteiger partial charge is 0.329 e. The van der Waals surface area contributed by atoms with Crippen molar-refractivity contribution in [2.45, 2.75) is 32.2 Å². The molecule has 0 spiro atoms. The SMILES string of the molecule is CCC(NC(=O)N1CCCc2ccccc21)c1nnc(-c2ccccc2)[nH]c1=O. The maximum absolute atomic E-state index is 13.0. The van der Waals surface area contributed by atoms with Gasteiger partial charge in [0, 0.05) is 17.8 Å². The highest BCUT2D eigenvalue weighted by Crippen LogP contribution is 2.27. The van der Waals surface area contributed by atoms with E-state index in [1.54, 1.807) is 4.90 Å². The fourth-order valence-corrected chi connectivity index (χ4v) is 3.64. The minimum Gasteiger partial charge on any atom is -0.329 e. The van der Waals surface area contributed by atoms with Crippen LogP contribution >= 0.6 is 0 Å². The number of nitrogens with zero attached hydrogens (tertiary/aromatic N) is 3. The van der Waals surface area contributed by atoms with E-state index in [0.717, 1.165) is 29.7 Å². The molecule has 0 saturated heterocycles. The molecule has 2 aromatic carbocycles. The predicted molar refractivity (Wildman–Crippen MR) is 112 cm³/mol. The molecule has 4 rings (SSSR count). The third-order valence-corrected chi connectivity index (χ3v) is 5.16. The van der Waals surface area contributed by atoms with Gasteiger partial charge in [-0.15, -0.1) is 10.2 Å². The maximum Gasteiger partial charge on any atom is 0.322 e. The molecule has 3 aromatic rings. The fraction of sp³-hybridized carbons (Fsp3) is 0.273. The molecule has 1 aliphatic rings. The van der Waals surface area contributed by atoms with E-state index in [1.165, 1.54) is 0 Å². The van der Waals surface area contributed by atoms with Crippen molar-refractivity contribution >= 4 is 11.7 Å². The summed E-state index contributed by atoms with van der Waals surface area (Å²) in [7, 11) is 0. The van der Waals surface area contributed by atoms with Crippen molar-refractivity contribution in [3.8, 4) is 11.4 Å². The molecule has 2 N–H and O–H groups in total. The number of benzene rings is 2. The topological polar surface area (TPSA) is 91.0 Å². The highest BCUT2D eigenvalue weighted by Gasteiger charge is 2.26. The standard InChI is InChI=1S/C22H23N5O2/c1-2-17(19-21(28)24-20(26-25-19)16-10-4-3-5-11-16)23-22(29)27-14-8-12-15-9-6-7-13-18(15)27/h3-7,9-11,13,17H,2,8,12,14H2,1H3,(H,23,29)(H,24,26,28). The molecule has 1 aliphatic heterocycles. The van der Waals surface area contributed by atoms with Crippen LogP contribution in [0.25, 0.3) is 11.4 Å². The van der Waals surface area contributed by atoms with Crippen LogP contribution in [0, 0.1) is 0 Å². The molecular formula is C22H23N5O2. The highest BCUT2D eigenvalue weighted by atomic mass is 16.2. The van der Waals surface area contributed by atoms with Crippen LogP contribution in [0.15, 0.2) is 59.4 Å². The van der Waals surface area contributed by atoms with Gasteiger partial charge in [-0.3, -0.25) is 9.69 Å². The van der Waals surface area contributed by atoms with Gasteiger partial charge >= 0.3 is 6.03 Å². The number of carbonyl (C=O) groups is 1. The lowest BCUT2D eigenvalue weighted by Gasteiger charge is -2.30. The summed E-state index contributed by atoms with van der Waals surface area (Å²) in [6.45, 7) is 2.55. The molecule has 1 atom stereocenters. The van der Waals surface area contributed by atoms with Crippen LogP contribution in [-0.4, -0.2) is 27.8 Å².